The van der Waals surface area contributed by atoms with Crippen LogP contribution in [0.2, 0.25) is 0 Å². The van der Waals surface area contributed by atoms with Crippen molar-refractivity contribution < 1.29 is 39.5 Å². The number of aryl methyl sites for hydroxylation is 1. The van der Waals surface area contributed by atoms with Crippen molar-refractivity contribution >= 4 is 5.78 Å². The van der Waals surface area contributed by atoms with Crippen LogP contribution in [-0.2, 0) is 36.7 Å². The van der Waals surface area contributed by atoms with Crippen molar-refractivity contribution in [2.45, 2.75) is 119 Å². The SMILES string of the molecule is CCCCCCOc1cc(C(C)(C)C)c(OCCCCCC)cc1-c1ccc(C)c(C/C(C(C)=O)=C(\C)O)c1.[Ir].[c-]1ccccc1-c1ccccn1.[c-]1ccccc1-c1ccccn1. The Morgan fingerprint density at radius 3 is 1.62 bits per heavy atom. The number of benzene rings is 4. The van der Waals surface area contributed by atoms with Gasteiger partial charge in [-0.3, -0.25) is 4.79 Å². The van der Waals surface area contributed by atoms with Gasteiger partial charge in [0.25, 0.3) is 0 Å². The maximum atomic E-state index is 12.2. The van der Waals surface area contributed by atoms with Gasteiger partial charge in [-0.2, -0.15) is 0 Å². The monoisotopic (exact) mass is 1040 g/mol. The summed E-state index contributed by atoms with van der Waals surface area (Å²) < 4.78 is 12.9. The van der Waals surface area contributed by atoms with Crippen LogP contribution in [0.5, 0.6) is 11.5 Å². The number of hydrogen-bond acceptors (Lipinski definition) is 6. The van der Waals surface area contributed by atoms with Crippen molar-refractivity contribution in [2.75, 3.05) is 13.2 Å². The summed E-state index contributed by atoms with van der Waals surface area (Å²) in [5.74, 6) is 1.75. The van der Waals surface area contributed by atoms with Gasteiger partial charge in [0.15, 0.2) is 5.78 Å². The molecule has 6 aromatic rings. The zero-order valence-electron chi connectivity index (χ0n) is 39.3. The predicted octanol–water partition coefficient (Wildman–Crippen LogP) is 14.9. The molecule has 0 unspecified atom stereocenters. The quantitative estimate of drug-likeness (QED) is 0.0400. The third-order valence-electron chi connectivity index (χ3n) is 10.6. The molecule has 64 heavy (non-hydrogen) atoms. The van der Waals surface area contributed by atoms with E-state index in [9.17, 15) is 9.90 Å². The fourth-order valence-electron chi connectivity index (χ4n) is 6.91. The fraction of sp³-hybridized carbons (Fsp3) is 0.351. The number of rotatable bonds is 18. The Kier molecular flexibility index (Phi) is 23.5. The van der Waals surface area contributed by atoms with Crippen LogP contribution in [0.3, 0.4) is 0 Å². The molecule has 6 rings (SSSR count). The summed E-state index contributed by atoms with van der Waals surface area (Å²) in [6, 6.07) is 44.3. The zero-order chi connectivity index (χ0) is 45.5. The summed E-state index contributed by atoms with van der Waals surface area (Å²) >= 11 is 0. The Morgan fingerprint density at radius 2 is 1.19 bits per heavy atom. The van der Waals surface area contributed by atoms with E-state index in [0.29, 0.717) is 25.2 Å². The van der Waals surface area contributed by atoms with Crippen LogP contribution in [0.4, 0.5) is 0 Å². The summed E-state index contributed by atoms with van der Waals surface area (Å²) in [5, 5.41) is 10.1. The van der Waals surface area contributed by atoms with E-state index in [1.165, 1.54) is 39.0 Å². The molecule has 0 aliphatic carbocycles. The molecule has 0 aliphatic rings. The largest absolute Gasteiger partial charge is 0.512 e. The van der Waals surface area contributed by atoms with Crippen molar-refractivity contribution in [1.82, 2.24) is 9.97 Å². The number of allylic oxidation sites excluding steroid dienone is 2. The Bertz CT molecular complexity index is 2120. The summed E-state index contributed by atoms with van der Waals surface area (Å²) in [6.07, 6.45) is 13.2. The van der Waals surface area contributed by atoms with Gasteiger partial charge in [0.05, 0.1) is 19.0 Å². The van der Waals surface area contributed by atoms with Gasteiger partial charge in [0.2, 0.25) is 0 Å². The van der Waals surface area contributed by atoms with E-state index in [-0.39, 0.29) is 37.1 Å². The Balaban J connectivity index is 0.000000346. The molecule has 341 valence electrons. The molecule has 0 atom stereocenters. The number of nitrogens with zero attached hydrogens (tertiary/aromatic N) is 2. The number of unbranched alkanes of at least 4 members (excludes halogenated alkanes) is 6. The number of aromatic nitrogens is 2. The molecule has 0 aliphatic heterocycles. The second-order valence-electron chi connectivity index (χ2n) is 16.8. The first-order valence-electron chi connectivity index (χ1n) is 22.6. The molecule has 0 fully saturated rings. The minimum atomic E-state index is -0.107. The molecule has 2 aromatic heterocycles. The van der Waals surface area contributed by atoms with Gasteiger partial charge >= 0.3 is 0 Å². The van der Waals surface area contributed by atoms with Crippen LogP contribution >= 0.6 is 0 Å². The van der Waals surface area contributed by atoms with Gasteiger partial charge in [0, 0.05) is 55.6 Å². The molecular weight excluding hydrogens is 969 g/mol. The molecule has 1 N–H and O–H groups in total. The van der Waals surface area contributed by atoms with Crippen molar-refractivity contribution in [3.63, 3.8) is 0 Å². The number of carbonyl (C=O) groups is 1. The molecule has 0 saturated carbocycles. The molecular formula is C57H68IrN2O4-2. The first kappa shape index (κ1) is 53.0. The summed E-state index contributed by atoms with van der Waals surface area (Å²) in [4.78, 5) is 20.6. The van der Waals surface area contributed by atoms with Crippen molar-refractivity contribution in [1.29, 1.82) is 0 Å². The van der Waals surface area contributed by atoms with Gasteiger partial charge in [-0.25, -0.2) is 0 Å². The maximum Gasteiger partial charge on any atom is 0.159 e. The molecule has 6 nitrogen and oxygen atoms in total. The summed E-state index contributed by atoms with van der Waals surface area (Å²) in [6.45, 7) is 17.6. The summed E-state index contributed by atoms with van der Waals surface area (Å²) in [7, 11) is 0. The van der Waals surface area contributed by atoms with Gasteiger partial charge in [-0.1, -0.05) is 116 Å². The second-order valence-corrected chi connectivity index (χ2v) is 16.8. The number of ketones is 1. The van der Waals surface area contributed by atoms with Crippen LogP contribution in [0.1, 0.15) is 117 Å². The van der Waals surface area contributed by atoms with Gasteiger partial charge in [0.1, 0.15) is 11.5 Å². The molecule has 0 spiro atoms. The fourth-order valence-corrected chi connectivity index (χ4v) is 6.91. The number of pyridine rings is 2. The van der Waals surface area contributed by atoms with E-state index >= 15 is 0 Å². The van der Waals surface area contributed by atoms with Crippen molar-refractivity contribution in [2.24, 2.45) is 0 Å². The predicted molar refractivity (Wildman–Crippen MR) is 261 cm³/mol. The third-order valence-corrected chi connectivity index (χ3v) is 10.6. The Hall–Kier alpha value is -5.36. The number of carbonyl (C=O) groups excluding carboxylic acids is 1. The molecule has 1 radical (unpaired) electrons. The first-order valence-corrected chi connectivity index (χ1v) is 22.6. The van der Waals surface area contributed by atoms with E-state index < -0.39 is 0 Å². The van der Waals surface area contributed by atoms with Crippen molar-refractivity contribution in [3.8, 4) is 45.1 Å². The standard InChI is InChI=1S/C35H52O4.2C11H8N.Ir/c1-9-11-13-15-19-38-33-24-32(35(6,7)8)34(39-20-16-14-12-10-2)23-31(33)28-18-17-25(3)29(21-28)22-30(26(4)36)27(5)37;2*1-2-6-10(7-3-1)11-8-4-5-9-12-11;/h17-18,21,23-24,36H,9-16,19-20,22H2,1-8H3;2*1-6,8-9H;/q;2*-1;/b30-26-;;;. The average Bonchev–Trinajstić information content (AvgIpc) is 3.29. The molecule has 4 aromatic carbocycles. The minimum absolute atomic E-state index is 0. The van der Waals surface area contributed by atoms with E-state index in [4.69, 9.17) is 9.47 Å². The van der Waals surface area contributed by atoms with E-state index in [2.05, 4.69) is 87.1 Å². The maximum absolute atomic E-state index is 12.2. The smallest absolute Gasteiger partial charge is 0.159 e. The zero-order valence-corrected chi connectivity index (χ0v) is 41.7. The molecule has 7 heteroatoms. The van der Waals surface area contributed by atoms with Gasteiger partial charge in [-0.05, 0) is 91.4 Å². The minimum Gasteiger partial charge on any atom is -0.512 e. The molecule has 0 amide bonds. The Morgan fingerprint density at radius 1 is 0.656 bits per heavy atom. The van der Waals surface area contributed by atoms with Crippen LogP contribution in [0.25, 0.3) is 33.6 Å². The second kappa shape index (κ2) is 28.4. The van der Waals surface area contributed by atoms with E-state index in [1.807, 2.05) is 91.9 Å². The molecule has 0 bridgehead atoms. The number of Topliss-reactive ketones (excluding diaryl/α,β-unsaturated/α-hetero) is 1. The third kappa shape index (κ3) is 17.7. The van der Waals surface area contributed by atoms with E-state index in [0.717, 1.165) is 81.1 Å². The van der Waals surface area contributed by atoms with Crippen LogP contribution < -0.4 is 9.47 Å². The van der Waals surface area contributed by atoms with Gasteiger partial charge < -0.3 is 24.5 Å². The average molecular weight is 1040 g/mol. The van der Waals surface area contributed by atoms with Crippen LogP contribution in [0.15, 0.2) is 139 Å². The molecule has 0 saturated heterocycles. The van der Waals surface area contributed by atoms with Crippen LogP contribution in [0, 0.1) is 19.1 Å². The van der Waals surface area contributed by atoms with E-state index in [1.54, 1.807) is 19.3 Å². The summed E-state index contributed by atoms with van der Waals surface area (Å²) in [5.41, 5.74) is 9.63. The Labute approximate surface area is 398 Å². The normalized spacial score (nSPS) is 11.1. The van der Waals surface area contributed by atoms with Crippen LogP contribution in [-0.4, -0.2) is 34.1 Å². The number of aliphatic hydroxyl groups excluding tert-OH is 1. The first-order chi connectivity index (χ1) is 30.4. The molecule has 2 heterocycles. The number of ether oxygens (including phenoxy) is 2. The topological polar surface area (TPSA) is 81.5 Å². The van der Waals surface area contributed by atoms with Crippen molar-refractivity contribution in [3.05, 3.63) is 168 Å². The number of hydrogen-bond donors (Lipinski definition) is 1. The number of aliphatic hydroxyl groups is 1. The van der Waals surface area contributed by atoms with Gasteiger partial charge in [-0.15, -0.1) is 71.8 Å².